The molecule has 0 saturated carbocycles. The summed E-state index contributed by atoms with van der Waals surface area (Å²) in [4.78, 5) is 12.8. The van der Waals surface area contributed by atoms with Gasteiger partial charge in [-0.3, -0.25) is 10.1 Å². The Morgan fingerprint density at radius 3 is 2.45 bits per heavy atom. The standard InChI is InChI=1S/C16H25N3O2.ClH/c1-2-17-13-15-8-11-18(12-9-15)10-7-14-3-5-16(6-4-14)19(20)21;/h3-6,15,17H,2,7-13H2,1H3;1H. The average molecular weight is 328 g/mol. The molecule has 1 saturated heterocycles. The van der Waals surface area contributed by atoms with Crippen LogP contribution in [0.15, 0.2) is 24.3 Å². The van der Waals surface area contributed by atoms with Crippen LogP contribution in [0.2, 0.25) is 0 Å². The van der Waals surface area contributed by atoms with Crippen LogP contribution in [0.1, 0.15) is 25.3 Å². The number of piperidine rings is 1. The number of nitrogens with one attached hydrogen (secondary N) is 1. The largest absolute Gasteiger partial charge is 0.317 e. The second-order valence-electron chi connectivity index (χ2n) is 5.77. The van der Waals surface area contributed by atoms with Crippen molar-refractivity contribution in [2.45, 2.75) is 26.2 Å². The number of hydrogen-bond donors (Lipinski definition) is 1. The fourth-order valence-corrected chi connectivity index (χ4v) is 2.83. The van der Waals surface area contributed by atoms with Gasteiger partial charge in [-0.1, -0.05) is 19.1 Å². The Hall–Kier alpha value is -1.17. The third-order valence-electron chi connectivity index (χ3n) is 4.25. The Kier molecular flexibility index (Phi) is 8.38. The number of non-ortho nitro benzene ring substituents is 1. The first-order valence-corrected chi connectivity index (χ1v) is 7.85. The molecule has 0 aliphatic carbocycles. The van der Waals surface area contributed by atoms with E-state index in [-0.39, 0.29) is 23.0 Å². The second-order valence-corrected chi connectivity index (χ2v) is 5.77. The fraction of sp³-hybridized carbons (Fsp3) is 0.625. The number of nitro benzene ring substituents is 1. The lowest BCUT2D eigenvalue weighted by Crippen LogP contribution is -2.38. The van der Waals surface area contributed by atoms with Gasteiger partial charge in [0.2, 0.25) is 0 Å². The Balaban J connectivity index is 0.00000242. The maximum Gasteiger partial charge on any atom is 0.269 e. The highest BCUT2D eigenvalue weighted by atomic mass is 35.5. The molecule has 0 atom stereocenters. The van der Waals surface area contributed by atoms with Crippen LogP contribution in [-0.4, -0.2) is 42.5 Å². The van der Waals surface area contributed by atoms with Crippen LogP contribution in [0, 0.1) is 16.0 Å². The number of rotatable bonds is 7. The van der Waals surface area contributed by atoms with Crippen LogP contribution in [0.5, 0.6) is 0 Å². The molecule has 0 aromatic heterocycles. The highest BCUT2D eigenvalue weighted by molar-refractivity contribution is 5.85. The molecule has 0 radical (unpaired) electrons. The van der Waals surface area contributed by atoms with E-state index in [0.29, 0.717) is 0 Å². The van der Waals surface area contributed by atoms with E-state index in [4.69, 9.17) is 0 Å². The first kappa shape index (κ1) is 18.9. The number of nitrogens with zero attached hydrogens (tertiary/aromatic N) is 2. The first-order valence-electron chi connectivity index (χ1n) is 7.85. The van der Waals surface area contributed by atoms with Crippen molar-refractivity contribution in [3.63, 3.8) is 0 Å². The van der Waals surface area contributed by atoms with Crippen LogP contribution in [0.4, 0.5) is 5.69 Å². The molecule has 22 heavy (non-hydrogen) atoms. The van der Waals surface area contributed by atoms with Gasteiger partial charge >= 0.3 is 0 Å². The van der Waals surface area contributed by atoms with Gasteiger partial charge in [-0.25, -0.2) is 0 Å². The number of hydrogen-bond acceptors (Lipinski definition) is 4. The summed E-state index contributed by atoms with van der Waals surface area (Å²) in [6.07, 6.45) is 3.51. The molecule has 1 aliphatic heterocycles. The summed E-state index contributed by atoms with van der Waals surface area (Å²) < 4.78 is 0. The summed E-state index contributed by atoms with van der Waals surface area (Å²) in [5.74, 6) is 0.820. The molecule has 124 valence electrons. The monoisotopic (exact) mass is 327 g/mol. The minimum atomic E-state index is -0.348. The van der Waals surface area contributed by atoms with E-state index < -0.39 is 0 Å². The second kappa shape index (κ2) is 9.77. The van der Waals surface area contributed by atoms with E-state index in [1.54, 1.807) is 12.1 Å². The molecule has 0 spiro atoms. The zero-order valence-electron chi connectivity index (χ0n) is 13.2. The molecular formula is C16H26ClN3O2. The van der Waals surface area contributed by atoms with Crippen molar-refractivity contribution in [1.82, 2.24) is 10.2 Å². The third kappa shape index (κ3) is 5.91. The van der Waals surface area contributed by atoms with Crippen molar-refractivity contribution in [3.05, 3.63) is 39.9 Å². The predicted octanol–water partition coefficient (Wildman–Crippen LogP) is 2.88. The molecule has 1 aromatic rings. The van der Waals surface area contributed by atoms with Gasteiger partial charge in [0.05, 0.1) is 4.92 Å². The zero-order valence-corrected chi connectivity index (χ0v) is 14.0. The van der Waals surface area contributed by atoms with E-state index in [2.05, 4.69) is 17.1 Å². The lowest BCUT2D eigenvalue weighted by atomic mass is 9.96. The van der Waals surface area contributed by atoms with E-state index >= 15 is 0 Å². The summed E-state index contributed by atoms with van der Waals surface area (Å²) in [6.45, 7) is 7.74. The molecule has 0 unspecified atom stereocenters. The smallest absolute Gasteiger partial charge is 0.269 e. The van der Waals surface area contributed by atoms with Gasteiger partial charge < -0.3 is 10.2 Å². The van der Waals surface area contributed by atoms with Crippen molar-refractivity contribution in [1.29, 1.82) is 0 Å². The van der Waals surface area contributed by atoms with Crippen molar-refractivity contribution >= 4 is 18.1 Å². The van der Waals surface area contributed by atoms with Gasteiger partial charge in [0, 0.05) is 18.7 Å². The van der Waals surface area contributed by atoms with Crippen molar-refractivity contribution in [2.75, 3.05) is 32.7 Å². The van der Waals surface area contributed by atoms with Gasteiger partial charge in [-0.05, 0) is 56.9 Å². The van der Waals surface area contributed by atoms with Crippen LogP contribution >= 0.6 is 12.4 Å². The van der Waals surface area contributed by atoms with Crippen molar-refractivity contribution < 1.29 is 4.92 Å². The summed E-state index contributed by atoms with van der Waals surface area (Å²) in [5, 5.41) is 14.0. The molecule has 2 rings (SSSR count). The first-order chi connectivity index (χ1) is 10.2. The molecule has 1 N–H and O–H groups in total. The highest BCUT2D eigenvalue weighted by Gasteiger charge is 2.18. The molecule has 6 heteroatoms. The SMILES string of the molecule is CCNCC1CCN(CCc2ccc([N+](=O)[O-])cc2)CC1.Cl. The molecule has 1 aromatic carbocycles. The number of benzene rings is 1. The van der Waals surface area contributed by atoms with Crippen LogP contribution in [0.3, 0.4) is 0 Å². The minimum Gasteiger partial charge on any atom is -0.317 e. The van der Waals surface area contributed by atoms with E-state index in [0.717, 1.165) is 32.0 Å². The molecule has 1 heterocycles. The lowest BCUT2D eigenvalue weighted by molar-refractivity contribution is -0.384. The number of likely N-dealkylation sites (tertiary alicyclic amines) is 1. The molecule has 1 aliphatic rings. The van der Waals surface area contributed by atoms with Gasteiger partial charge in [0.15, 0.2) is 0 Å². The van der Waals surface area contributed by atoms with Crippen molar-refractivity contribution in [2.24, 2.45) is 5.92 Å². The van der Waals surface area contributed by atoms with Gasteiger partial charge in [-0.2, -0.15) is 0 Å². The maximum atomic E-state index is 10.6. The van der Waals surface area contributed by atoms with E-state index in [9.17, 15) is 10.1 Å². The molecule has 0 amide bonds. The van der Waals surface area contributed by atoms with Gasteiger partial charge in [0.25, 0.3) is 5.69 Å². The Bertz CT molecular complexity index is 445. The van der Waals surface area contributed by atoms with Crippen LogP contribution in [-0.2, 0) is 6.42 Å². The molecule has 1 fully saturated rings. The maximum absolute atomic E-state index is 10.6. The molecule has 0 bridgehead atoms. The lowest BCUT2D eigenvalue weighted by Gasteiger charge is -2.32. The third-order valence-corrected chi connectivity index (χ3v) is 4.25. The zero-order chi connectivity index (χ0) is 15.1. The normalized spacial score (nSPS) is 16.2. The number of halogens is 1. The number of nitro groups is 1. The van der Waals surface area contributed by atoms with Crippen molar-refractivity contribution in [3.8, 4) is 0 Å². The Morgan fingerprint density at radius 1 is 1.27 bits per heavy atom. The highest BCUT2D eigenvalue weighted by Crippen LogP contribution is 2.17. The molecule has 5 nitrogen and oxygen atoms in total. The van der Waals surface area contributed by atoms with Gasteiger partial charge in [0.1, 0.15) is 0 Å². The topological polar surface area (TPSA) is 58.4 Å². The quantitative estimate of drug-likeness (QED) is 0.618. The van der Waals surface area contributed by atoms with Crippen LogP contribution in [0.25, 0.3) is 0 Å². The van der Waals surface area contributed by atoms with Crippen LogP contribution < -0.4 is 5.32 Å². The fourth-order valence-electron chi connectivity index (χ4n) is 2.83. The minimum absolute atomic E-state index is 0. The Morgan fingerprint density at radius 2 is 1.91 bits per heavy atom. The summed E-state index contributed by atoms with van der Waals surface area (Å²) in [5.41, 5.74) is 1.35. The summed E-state index contributed by atoms with van der Waals surface area (Å²) in [6, 6.07) is 6.93. The predicted molar refractivity (Wildman–Crippen MR) is 91.8 cm³/mol. The summed E-state index contributed by atoms with van der Waals surface area (Å²) >= 11 is 0. The molecular weight excluding hydrogens is 302 g/mol. The van der Waals surface area contributed by atoms with Gasteiger partial charge in [-0.15, -0.1) is 12.4 Å². The Labute approximate surface area is 138 Å². The summed E-state index contributed by atoms with van der Waals surface area (Å²) in [7, 11) is 0. The average Bonchev–Trinajstić information content (AvgIpc) is 2.52. The van der Waals surface area contributed by atoms with E-state index in [1.807, 2.05) is 12.1 Å². The van der Waals surface area contributed by atoms with E-state index in [1.165, 1.54) is 31.5 Å².